The lowest BCUT2D eigenvalue weighted by Crippen LogP contribution is -2.34. The van der Waals surface area contributed by atoms with Crippen molar-refractivity contribution in [3.63, 3.8) is 0 Å². The molecule has 2 bridgehead atoms. The third-order valence-electron chi connectivity index (χ3n) is 3.76. The van der Waals surface area contributed by atoms with Gasteiger partial charge in [0.15, 0.2) is 0 Å². The Morgan fingerprint density at radius 1 is 1.29 bits per heavy atom. The number of esters is 1. The molecule has 4 heteroatoms. The fourth-order valence-electron chi connectivity index (χ4n) is 2.89. The van der Waals surface area contributed by atoms with Gasteiger partial charge >= 0.3 is 11.9 Å². The number of allylic oxidation sites excluding steroid dienone is 2. The molecular formula is C13H18O4. The molecule has 0 aliphatic heterocycles. The average molecular weight is 238 g/mol. The minimum absolute atomic E-state index is 0.0150. The summed E-state index contributed by atoms with van der Waals surface area (Å²) in [7, 11) is 0. The van der Waals surface area contributed by atoms with E-state index >= 15 is 0 Å². The van der Waals surface area contributed by atoms with Crippen LogP contribution in [0.4, 0.5) is 0 Å². The Morgan fingerprint density at radius 3 is 2.53 bits per heavy atom. The first-order valence-electron chi connectivity index (χ1n) is 6.23. The lowest BCUT2D eigenvalue weighted by atomic mass is 9.83. The van der Waals surface area contributed by atoms with Crippen LogP contribution in [0.5, 0.6) is 0 Å². The van der Waals surface area contributed by atoms with Crippen molar-refractivity contribution in [3.8, 4) is 0 Å². The van der Waals surface area contributed by atoms with Crippen molar-refractivity contribution < 1.29 is 19.4 Å². The van der Waals surface area contributed by atoms with Gasteiger partial charge in [-0.05, 0) is 24.7 Å². The summed E-state index contributed by atoms with van der Waals surface area (Å²) in [6, 6.07) is 0. The van der Waals surface area contributed by atoms with E-state index in [4.69, 9.17) is 4.74 Å². The standard InChI is InChI=1S/C13H18O4/c1-2-3-6-17-13(16)11-9-5-4-8(7-9)10(11)12(14)15/h4-5,8-11H,2-3,6-7H2,1H3,(H,14,15). The molecule has 0 aromatic heterocycles. The molecule has 4 atom stereocenters. The summed E-state index contributed by atoms with van der Waals surface area (Å²) in [5, 5.41) is 9.18. The van der Waals surface area contributed by atoms with Gasteiger partial charge in [0, 0.05) is 0 Å². The van der Waals surface area contributed by atoms with E-state index in [0.717, 1.165) is 19.3 Å². The van der Waals surface area contributed by atoms with Gasteiger partial charge in [0.25, 0.3) is 0 Å². The molecular weight excluding hydrogens is 220 g/mol. The smallest absolute Gasteiger partial charge is 0.310 e. The van der Waals surface area contributed by atoms with Crippen LogP contribution in [0.15, 0.2) is 12.2 Å². The van der Waals surface area contributed by atoms with Crippen LogP contribution in [-0.2, 0) is 14.3 Å². The van der Waals surface area contributed by atoms with Crippen LogP contribution >= 0.6 is 0 Å². The highest BCUT2D eigenvalue weighted by Crippen LogP contribution is 2.48. The normalized spacial score (nSPS) is 33.9. The summed E-state index contributed by atoms with van der Waals surface area (Å²) in [4.78, 5) is 23.1. The maximum absolute atomic E-state index is 11.9. The van der Waals surface area contributed by atoms with Gasteiger partial charge in [0.05, 0.1) is 18.4 Å². The maximum Gasteiger partial charge on any atom is 0.310 e. The SMILES string of the molecule is CCCCOC(=O)C1C2C=CC(C2)C1C(=O)O. The second-order valence-electron chi connectivity index (χ2n) is 4.86. The van der Waals surface area contributed by atoms with Gasteiger partial charge in [0.1, 0.15) is 0 Å². The van der Waals surface area contributed by atoms with Gasteiger partial charge in [-0.25, -0.2) is 0 Å². The highest BCUT2D eigenvalue weighted by atomic mass is 16.5. The van der Waals surface area contributed by atoms with E-state index < -0.39 is 17.8 Å². The van der Waals surface area contributed by atoms with Crippen LogP contribution < -0.4 is 0 Å². The predicted molar refractivity (Wildman–Crippen MR) is 61.2 cm³/mol. The third-order valence-corrected chi connectivity index (χ3v) is 3.76. The molecule has 4 nitrogen and oxygen atoms in total. The molecule has 4 unspecified atom stereocenters. The third kappa shape index (κ3) is 2.21. The number of carboxylic acid groups (broad SMARTS) is 1. The van der Waals surface area contributed by atoms with E-state index in [9.17, 15) is 14.7 Å². The second kappa shape index (κ2) is 4.90. The van der Waals surface area contributed by atoms with Gasteiger partial charge in [-0.15, -0.1) is 0 Å². The summed E-state index contributed by atoms with van der Waals surface area (Å²) < 4.78 is 5.16. The lowest BCUT2D eigenvalue weighted by Gasteiger charge is -2.22. The molecule has 0 amide bonds. The number of rotatable bonds is 5. The molecule has 0 saturated heterocycles. The van der Waals surface area contributed by atoms with E-state index in [1.807, 2.05) is 19.1 Å². The molecule has 2 rings (SSSR count). The Hall–Kier alpha value is -1.32. The lowest BCUT2D eigenvalue weighted by molar-refractivity contribution is -0.158. The number of hydrogen-bond acceptors (Lipinski definition) is 3. The average Bonchev–Trinajstić information content (AvgIpc) is 2.88. The molecule has 0 aromatic carbocycles. The number of unbranched alkanes of at least 4 members (excludes halogenated alkanes) is 1. The number of aliphatic carboxylic acids is 1. The minimum atomic E-state index is -0.876. The molecule has 17 heavy (non-hydrogen) atoms. The summed E-state index contributed by atoms with van der Waals surface area (Å²) in [6.45, 7) is 2.42. The first kappa shape index (κ1) is 12.1. The van der Waals surface area contributed by atoms with Gasteiger partial charge in [-0.2, -0.15) is 0 Å². The monoisotopic (exact) mass is 238 g/mol. The predicted octanol–water partition coefficient (Wildman–Crippen LogP) is 1.85. The van der Waals surface area contributed by atoms with Gasteiger partial charge in [0.2, 0.25) is 0 Å². The Bertz CT molecular complexity index is 347. The molecule has 0 aromatic rings. The van der Waals surface area contributed by atoms with Crippen LogP contribution in [-0.4, -0.2) is 23.7 Å². The van der Waals surface area contributed by atoms with Crippen molar-refractivity contribution in [3.05, 3.63) is 12.2 Å². The van der Waals surface area contributed by atoms with Crippen LogP contribution in [0.1, 0.15) is 26.2 Å². The summed E-state index contributed by atoms with van der Waals surface area (Å²) >= 11 is 0. The Balaban J connectivity index is 2.01. The quantitative estimate of drug-likeness (QED) is 0.451. The first-order valence-corrected chi connectivity index (χ1v) is 6.23. The summed E-state index contributed by atoms with van der Waals surface area (Å²) in [5.74, 6) is -2.18. The van der Waals surface area contributed by atoms with E-state index in [1.54, 1.807) is 0 Å². The number of carboxylic acids is 1. The van der Waals surface area contributed by atoms with Crippen molar-refractivity contribution >= 4 is 11.9 Å². The van der Waals surface area contributed by atoms with Crippen molar-refractivity contribution in [1.82, 2.24) is 0 Å². The zero-order chi connectivity index (χ0) is 12.4. The molecule has 1 N–H and O–H groups in total. The van der Waals surface area contributed by atoms with Crippen LogP contribution in [0.25, 0.3) is 0 Å². The van der Waals surface area contributed by atoms with E-state index in [0.29, 0.717) is 6.61 Å². The second-order valence-corrected chi connectivity index (χ2v) is 4.86. The highest BCUT2D eigenvalue weighted by Gasteiger charge is 2.52. The van der Waals surface area contributed by atoms with Gasteiger partial charge in [-0.3, -0.25) is 9.59 Å². The topological polar surface area (TPSA) is 63.6 Å². The highest BCUT2D eigenvalue weighted by molar-refractivity contribution is 5.83. The van der Waals surface area contributed by atoms with Crippen molar-refractivity contribution in [2.45, 2.75) is 26.2 Å². The number of carbonyl (C=O) groups is 2. The van der Waals surface area contributed by atoms with Crippen molar-refractivity contribution in [2.75, 3.05) is 6.61 Å². The summed E-state index contributed by atoms with van der Waals surface area (Å²) in [6.07, 6.45) is 6.48. The van der Waals surface area contributed by atoms with E-state index in [2.05, 4.69) is 0 Å². The minimum Gasteiger partial charge on any atom is -0.481 e. The Morgan fingerprint density at radius 2 is 1.94 bits per heavy atom. The fraction of sp³-hybridized carbons (Fsp3) is 0.692. The van der Waals surface area contributed by atoms with Gasteiger partial charge in [-0.1, -0.05) is 25.5 Å². The van der Waals surface area contributed by atoms with Crippen molar-refractivity contribution in [2.24, 2.45) is 23.7 Å². The molecule has 0 spiro atoms. The zero-order valence-corrected chi connectivity index (χ0v) is 9.96. The molecule has 1 saturated carbocycles. The van der Waals surface area contributed by atoms with Crippen LogP contribution in [0, 0.1) is 23.7 Å². The van der Waals surface area contributed by atoms with Crippen LogP contribution in [0.3, 0.4) is 0 Å². The van der Waals surface area contributed by atoms with Crippen LogP contribution in [0.2, 0.25) is 0 Å². The number of ether oxygens (including phenoxy) is 1. The molecule has 1 fully saturated rings. The zero-order valence-electron chi connectivity index (χ0n) is 9.96. The number of carbonyl (C=O) groups excluding carboxylic acids is 1. The maximum atomic E-state index is 11.9. The molecule has 2 aliphatic rings. The Kier molecular flexibility index (Phi) is 3.50. The number of fused-ring (bicyclic) bond motifs is 2. The molecule has 2 aliphatic carbocycles. The van der Waals surface area contributed by atoms with Gasteiger partial charge < -0.3 is 9.84 Å². The van der Waals surface area contributed by atoms with Crippen molar-refractivity contribution in [1.29, 1.82) is 0 Å². The summed E-state index contributed by atoms with van der Waals surface area (Å²) in [5.41, 5.74) is 0. The number of hydrogen-bond donors (Lipinski definition) is 1. The first-order chi connectivity index (χ1) is 8.15. The molecule has 0 heterocycles. The fourth-order valence-corrected chi connectivity index (χ4v) is 2.89. The van der Waals surface area contributed by atoms with E-state index in [1.165, 1.54) is 0 Å². The van der Waals surface area contributed by atoms with E-state index in [-0.39, 0.29) is 17.8 Å². The Labute approximate surface area is 101 Å². The largest absolute Gasteiger partial charge is 0.481 e. The molecule has 94 valence electrons. The molecule has 0 radical (unpaired) electrons.